The molecule has 0 bridgehead atoms. The van der Waals surface area contributed by atoms with Crippen molar-refractivity contribution in [2.24, 2.45) is 0 Å². The third-order valence-corrected chi connectivity index (χ3v) is 5.01. The lowest BCUT2D eigenvalue weighted by Crippen LogP contribution is -2.16. The lowest BCUT2D eigenvalue weighted by molar-refractivity contribution is 0.101. The first-order valence-electron chi connectivity index (χ1n) is 9.56. The SMILES string of the molecule is COc1ccc(NC(=O)c2nccc3ccccc23)cc1NC(=O)c1ccc(Cl)cc1F. The van der Waals surface area contributed by atoms with Gasteiger partial charge >= 0.3 is 0 Å². The number of aromatic nitrogens is 1. The number of pyridine rings is 1. The molecule has 3 aromatic carbocycles. The molecule has 4 aromatic rings. The van der Waals surface area contributed by atoms with Crippen LogP contribution in [0.4, 0.5) is 15.8 Å². The van der Waals surface area contributed by atoms with E-state index in [-0.39, 0.29) is 22.0 Å². The number of rotatable bonds is 5. The maximum absolute atomic E-state index is 14.1. The normalized spacial score (nSPS) is 10.6. The van der Waals surface area contributed by atoms with Gasteiger partial charge in [0, 0.05) is 22.3 Å². The fraction of sp³-hybridized carbons (Fsp3) is 0.0417. The number of hydrogen-bond donors (Lipinski definition) is 2. The molecule has 0 fully saturated rings. The Balaban J connectivity index is 1.60. The Bertz CT molecular complexity index is 1340. The lowest BCUT2D eigenvalue weighted by atomic mass is 10.1. The van der Waals surface area contributed by atoms with Crippen LogP contribution >= 0.6 is 11.6 Å². The number of hydrogen-bond acceptors (Lipinski definition) is 4. The second-order valence-corrected chi connectivity index (χ2v) is 7.26. The number of carbonyl (C=O) groups excluding carboxylic acids is 2. The van der Waals surface area contributed by atoms with Gasteiger partial charge in [0.25, 0.3) is 11.8 Å². The van der Waals surface area contributed by atoms with E-state index in [0.29, 0.717) is 16.8 Å². The van der Waals surface area contributed by atoms with Gasteiger partial charge in [-0.05, 0) is 47.9 Å². The van der Waals surface area contributed by atoms with Gasteiger partial charge in [-0.3, -0.25) is 14.6 Å². The first-order chi connectivity index (χ1) is 15.5. The fourth-order valence-corrected chi connectivity index (χ4v) is 3.40. The summed E-state index contributed by atoms with van der Waals surface area (Å²) in [5, 5.41) is 7.17. The van der Waals surface area contributed by atoms with Gasteiger partial charge < -0.3 is 15.4 Å². The van der Waals surface area contributed by atoms with E-state index in [1.54, 1.807) is 18.3 Å². The van der Waals surface area contributed by atoms with Crippen molar-refractivity contribution in [3.8, 4) is 5.75 Å². The number of benzene rings is 3. The maximum Gasteiger partial charge on any atom is 0.274 e. The average Bonchev–Trinajstić information content (AvgIpc) is 2.78. The largest absolute Gasteiger partial charge is 0.495 e. The summed E-state index contributed by atoms with van der Waals surface area (Å²) in [4.78, 5) is 29.6. The van der Waals surface area contributed by atoms with Crippen LogP contribution in [-0.2, 0) is 0 Å². The zero-order valence-electron chi connectivity index (χ0n) is 16.9. The van der Waals surface area contributed by atoms with Crippen LogP contribution in [0.3, 0.4) is 0 Å². The minimum absolute atomic E-state index is 0.175. The van der Waals surface area contributed by atoms with E-state index >= 15 is 0 Å². The first kappa shape index (κ1) is 21.3. The minimum atomic E-state index is -0.750. The molecule has 32 heavy (non-hydrogen) atoms. The highest BCUT2D eigenvalue weighted by molar-refractivity contribution is 6.30. The molecule has 1 aromatic heterocycles. The van der Waals surface area contributed by atoms with Crippen molar-refractivity contribution in [3.63, 3.8) is 0 Å². The molecular weight excluding hydrogens is 433 g/mol. The van der Waals surface area contributed by atoms with Crippen molar-refractivity contribution in [1.29, 1.82) is 0 Å². The number of amides is 2. The highest BCUT2D eigenvalue weighted by atomic mass is 35.5. The minimum Gasteiger partial charge on any atom is -0.495 e. The summed E-state index contributed by atoms with van der Waals surface area (Å²) < 4.78 is 19.4. The van der Waals surface area contributed by atoms with Gasteiger partial charge in [-0.25, -0.2) is 4.39 Å². The van der Waals surface area contributed by atoms with Gasteiger partial charge in [-0.1, -0.05) is 35.9 Å². The molecule has 0 saturated heterocycles. The predicted octanol–water partition coefficient (Wildman–Crippen LogP) is 5.54. The summed E-state index contributed by atoms with van der Waals surface area (Å²) in [6.07, 6.45) is 1.57. The van der Waals surface area contributed by atoms with Crippen LogP contribution < -0.4 is 15.4 Å². The zero-order valence-corrected chi connectivity index (χ0v) is 17.6. The van der Waals surface area contributed by atoms with E-state index < -0.39 is 17.6 Å². The Morgan fingerprint density at radius 2 is 1.78 bits per heavy atom. The van der Waals surface area contributed by atoms with Crippen molar-refractivity contribution in [2.45, 2.75) is 0 Å². The zero-order chi connectivity index (χ0) is 22.7. The van der Waals surface area contributed by atoms with E-state index in [1.165, 1.54) is 25.3 Å². The summed E-state index contributed by atoms with van der Waals surface area (Å²) in [5.41, 5.74) is 0.756. The molecule has 8 heteroatoms. The predicted molar refractivity (Wildman–Crippen MR) is 122 cm³/mol. The Hall–Kier alpha value is -3.97. The van der Waals surface area contributed by atoms with Crippen molar-refractivity contribution >= 4 is 45.6 Å². The Morgan fingerprint density at radius 1 is 0.969 bits per heavy atom. The number of carbonyl (C=O) groups is 2. The number of methoxy groups -OCH3 is 1. The van der Waals surface area contributed by atoms with Crippen LogP contribution in [0.5, 0.6) is 5.75 Å². The smallest absolute Gasteiger partial charge is 0.274 e. The van der Waals surface area contributed by atoms with Gasteiger partial charge in [0.05, 0.1) is 18.4 Å². The van der Waals surface area contributed by atoms with Crippen molar-refractivity contribution < 1.29 is 18.7 Å². The molecule has 0 unspecified atom stereocenters. The summed E-state index contributed by atoms with van der Waals surface area (Å²) in [6, 6.07) is 17.7. The van der Waals surface area contributed by atoms with E-state index in [9.17, 15) is 14.0 Å². The fourth-order valence-electron chi connectivity index (χ4n) is 3.24. The van der Waals surface area contributed by atoms with E-state index in [2.05, 4.69) is 15.6 Å². The third kappa shape index (κ3) is 4.38. The molecule has 0 radical (unpaired) electrons. The van der Waals surface area contributed by atoms with Crippen LogP contribution in [0.1, 0.15) is 20.8 Å². The topological polar surface area (TPSA) is 80.3 Å². The number of nitrogens with zero attached hydrogens (tertiary/aromatic N) is 1. The van der Waals surface area contributed by atoms with E-state index in [0.717, 1.165) is 11.5 Å². The molecule has 6 nitrogen and oxygen atoms in total. The van der Waals surface area contributed by atoms with Crippen LogP contribution in [0.15, 0.2) is 72.9 Å². The highest BCUT2D eigenvalue weighted by Crippen LogP contribution is 2.29. The van der Waals surface area contributed by atoms with Crippen LogP contribution in [0.2, 0.25) is 5.02 Å². The van der Waals surface area contributed by atoms with Crippen molar-refractivity contribution in [3.05, 3.63) is 95.0 Å². The van der Waals surface area contributed by atoms with Gasteiger partial charge in [-0.15, -0.1) is 0 Å². The number of anilines is 2. The molecular formula is C24H17ClFN3O3. The van der Waals surface area contributed by atoms with Crippen LogP contribution in [-0.4, -0.2) is 23.9 Å². The summed E-state index contributed by atoms with van der Waals surface area (Å²) >= 11 is 5.75. The molecule has 0 aliphatic heterocycles. The molecule has 0 saturated carbocycles. The second kappa shape index (κ2) is 9.03. The standard InChI is InChI=1S/C24H17ClFN3O3/c1-32-21-9-7-16(13-20(21)29-23(30)18-8-6-15(25)12-19(18)26)28-24(31)22-17-5-3-2-4-14(17)10-11-27-22/h2-13H,1H3,(H,28,31)(H,29,30). The summed E-state index contributed by atoms with van der Waals surface area (Å²) in [6.45, 7) is 0. The van der Waals surface area contributed by atoms with Crippen LogP contribution in [0.25, 0.3) is 10.8 Å². The van der Waals surface area contributed by atoms with Crippen molar-refractivity contribution in [1.82, 2.24) is 4.98 Å². The molecule has 0 aliphatic rings. The molecule has 2 N–H and O–H groups in total. The Morgan fingerprint density at radius 3 is 2.56 bits per heavy atom. The number of ether oxygens (including phenoxy) is 1. The lowest BCUT2D eigenvalue weighted by Gasteiger charge is -2.13. The Kier molecular flexibility index (Phi) is 6.00. The second-order valence-electron chi connectivity index (χ2n) is 6.83. The average molecular weight is 450 g/mol. The number of fused-ring (bicyclic) bond motifs is 1. The number of halogens is 2. The highest BCUT2D eigenvalue weighted by Gasteiger charge is 2.17. The molecule has 4 rings (SSSR count). The molecule has 0 spiro atoms. The van der Waals surface area contributed by atoms with Gasteiger partial charge in [0.1, 0.15) is 17.3 Å². The molecule has 160 valence electrons. The summed E-state index contributed by atoms with van der Waals surface area (Å²) in [5.74, 6) is -1.50. The van der Waals surface area contributed by atoms with Gasteiger partial charge in [0.15, 0.2) is 0 Å². The molecule has 0 atom stereocenters. The summed E-state index contributed by atoms with van der Waals surface area (Å²) in [7, 11) is 1.44. The molecule has 1 heterocycles. The Labute approximate surface area is 188 Å². The monoisotopic (exact) mass is 449 g/mol. The first-order valence-corrected chi connectivity index (χ1v) is 9.93. The van der Waals surface area contributed by atoms with E-state index in [1.807, 2.05) is 30.3 Å². The van der Waals surface area contributed by atoms with Gasteiger partial charge in [-0.2, -0.15) is 0 Å². The van der Waals surface area contributed by atoms with Crippen molar-refractivity contribution in [2.75, 3.05) is 17.7 Å². The molecule has 2 amide bonds. The van der Waals surface area contributed by atoms with E-state index in [4.69, 9.17) is 16.3 Å². The quantitative estimate of drug-likeness (QED) is 0.419. The number of nitrogens with one attached hydrogen (secondary N) is 2. The maximum atomic E-state index is 14.1. The van der Waals surface area contributed by atoms with Crippen LogP contribution in [0, 0.1) is 5.82 Å². The third-order valence-electron chi connectivity index (χ3n) is 4.77. The molecule has 0 aliphatic carbocycles. The van der Waals surface area contributed by atoms with Gasteiger partial charge in [0.2, 0.25) is 0 Å².